The number of aromatic nitrogens is 2. The van der Waals surface area contributed by atoms with Gasteiger partial charge in [0.25, 0.3) is 5.56 Å². The van der Waals surface area contributed by atoms with Crippen molar-refractivity contribution in [3.63, 3.8) is 0 Å². The highest BCUT2D eigenvalue weighted by Crippen LogP contribution is 2.44. The van der Waals surface area contributed by atoms with E-state index in [1.165, 1.54) is 47.2 Å². The molecule has 0 radical (unpaired) electrons. The van der Waals surface area contributed by atoms with Crippen LogP contribution >= 0.6 is 12.4 Å². The topological polar surface area (TPSA) is 107 Å². The normalized spacial score (nSPS) is 10.4. The predicted molar refractivity (Wildman–Crippen MR) is 148 cm³/mol. The van der Waals surface area contributed by atoms with Gasteiger partial charge >= 0.3 is 5.97 Å². The minimum Gasteiger partial charge on any atom is -0.493 e. The molecule has 4 aromatic rings. The van der Waals surface area contributed by atoms with E-state index in [4.69, 9.17) is 28.4 Å². The average molecular weight is 557 g/mol. The molecule has 0 saturated heterocycles. The second-order valence-electron chi connectivity index (χ2n) is 8.09. The molecular formula is C28H29ClN2O8. The molecule has 0 amide bonds. The Morgan fingerprint density at radius 1 is 0.795 bits per heavy atom. The molecular weight excluding hydrogens is 528 g/mol. The molecule has 0 aliphatic carbocycles. The molecule has 0 N–H and O–H groups in total. The second kappa shape index (κ2) is 12.4. The highest BCUT2D eigenvalue weighted by atomic mass is 35.5. The Balaban J connectivity index is 0.00000420. The molecule has 0 aliphatic rings. The van der Waals surface area contributed by atoms with E-state index in [9.17, 15) is 9.59 Å². The molecule has 2 heterocycles. The van der Waals surface area contributed by atoms with Crippen LogP contribution in [0.1, 0.15) is 16.2 Å². The van der Waals surface area contributed by atoms with Gasteiger partial charge in [-0.3, -0.25) is 14.3 Å². The third-order valence-corrected chi connectivity index (χ3v) is 6.15. The van der Waals surface area contributed by atoms with E-state index in [1.807, 2.05) is 0 Å². The van der Waals surface area contributed by atoms with Gasteiger partial charge in [0.1, 0.15) is 5.69 Å². The largest absolute Gasteiger partial charge is 0.493 e. The molecule has 206 valence electrons. The predicted octanol–water partition coefficient (Wildman–Crippen LogP) is 4.36. The Bertz CT molecular complexity index is 1530. The molecule has 0 atom stereocenters. The lowest BCUT2D eigenvalue weighted by Gasteiger charge is -2.21. The van der Waals surface area contributed by atoms with Gasteiger partial charge < -0.3 is 28.4 Å². The van der Waals surface area contributed by atoms with Crippen LogP contribution in [-0.4, -0.2) is 58.2 Å². The Morgan fingerprint density at radius 3 is 1.87 bits per heavy atom. The molecule has 4 rings (SSSR count). The van der Waals surface area contributed by atoms with Crippen LogP contribution in [-0.2, 0) is 11.3 Å². The van der Waals surface area contributed by atoms with E-state index in [0.717, 1.165) is 0 Å². The number of pyridine rings is 2. The van der Waals surface area contributed by atoms with Crippen LogP contribution < -0.4 is 29.2 Å². The van der Waals surface area contributed by atoms with E-state index in [2.05, 4.69) is 4.98 Å². The number of fused-ring (bicyclic) bond motifs is 1. The maximum Gasteiger partial charge on any atom is 0.355 e. The maximum absolute atomic E-state index is 13.9. The number of esters is 1. The molecule has 2 aromatic heterocycles. The molecule has 0 spiro atoms. The van der Waals surface area contributed by atoms with E-state index in [1.54, 1.807) is 48.7 Å². The Hall–Kier alpha value is -4.44. The van der Waals surface area contributed by atoms with Crippen LogP contribution in [0, 0.1) is 0 Å². The Morgan fingerprint density at radius 2 is 1.38 bits per heavy atom. The monoisotopic (exact) mass is 556 g/mol. The lowest BCUT2D eigenvalue weighted by molar-refractivity contribution is 0.0588. The number of methoxy groups -OCH3 is 6. The molecule has 11 heteroatoms. The SMILES string of the molecule is COC(=O)c1c(-c2cc(OC)c(OC)c(OC)c2)c2cc(OC)c(OC)cc2c(=O)n1Cc1ccccn1.Cl. The van der Waals surface area contributed by atoms with Crippen LogP contribution in [0.25, 0.3) is 21.9 Å². The number of nitrogens with zero attached hydrogens (tertiary/aromatic N) is 2. The summed E-state index contributed by atoms with van der Waals surface area (Å²) in [6.07, 6.45) is 1.62. The van der Waals surface area contributed by atoms with Crippen LogP contribution in [0.4, 0.5) is 0 Å². The number of ether oxygens (including phenoxy) is 6. The van der Waals surface area contributed by atoms with Gasteiger partial charge in [0.05, 0.1) is 60.3 Å². The smallest absolute Gasteiger partial charge is 0.355 e. The highest BCUT2D eigenvalue weighted by Gasteiger charge is 2.27. The average Bonchev–Trinajstić information content (AvgIpc) is 2.96. The summed E-state index contributed by atoms with van der Waals surface area (Å²) in [5.74, 6) is 1.15. The van der Waals surface area contributed by atoms with Crippen LogP contribution in [0.5, 0.6) is 28.7 Å². The van der Waals surface area contributed by atoms with Crippen molar-refractivity contribution in [2.45, 2.75) is 6.54 Å². The van der Waals surface area contributed by atoms with Crippen molar-refractivity contribution >= 4 is 29.1 Å². The first-order valence-electron chi connectivity index (χ1n) is 11.5. The first kappa shape index (κ1) is 29.1. The summed E-state index contributed by atoms with van der Waals surface area (Å²) in [5, 5.41) is 0.745. The summed E-state index contributed by atoms with van der Waals surface area (Å²) in [6.45, 7) is 0.0197. The van der Waals surface area contributed by atoms with Gasteiger partial charge in [-0.15, -0.1) is 12.4 Å². The first-order chi connectivity index (χ1) is 18.4. The summed E-state index contributed by atoms with van der Waals surface area (Å²) >= 11 is 0. The van der Waals surface area contributed by atoms with Gasteiger partial charge in [-0.2, -0.15) is 0 Å². The third-order valence-electron chi connectivity index (χ3n) is 6.15. The fourth-order valence-corrected chi connectivity index (χ4v) is 4.40. The van der Waals surface area contributed by atoms with Gasteiger partial charge in [0.2, 0.25) is 5.75 Å². The molecule has 0 unspecified atom stereocenters. The van der Waals surface area contributed by atoms with Crippen molar-refractivity contribution in [1.29, 1.82) is 0 Å². The number of hydrogen-bond acceptors (Lipinski definition) is 9. The van der Waals surface area contributed by atoms with Gasteiger partial charge in [0.15, 0.2) is 23.0 Å². The zero-order valence-electron chi connectivity index (χ0n) is 22.4. The summed E-state index contributed by atoms with van der Waals surface area (Å²) in [4.78, 5) is 31.7. The van der Waals surface area contributed by atoms with E-state index in [-0.39, 0.29) is 24.6 Å². The van der Waals surface area contributed by atoms with Crippen LogP contribution in [0.15, 0.2) is 53.5 Å². The van der Waals surface area contributed by atoms with E-state index < -0.39 is 11.5 Å². The summed E-state index contributed by atoms with van der Waals surface area (Å²) in [7, 11) is 8.73. The van der Waals surface area contributed by atoms with E-state index >= 15 is 0 Å². The summed E-state index contributed by atoms with van der Waals surface area (Å²) in [6, 6.07) is 12.0. The third kappa shape index (κ3) is 5.28. The first-order valence-corrected chi connectivity index (χ1v) is 11.5. The Labute approximate surface area is 231 Å². The minimum absolute atomic E-state index is 0. The quantitative estimate of drug-likeness (QED) is 0.278. The van der Waals surface area contributed by atoms with Crippen molar-refractivity contribution in [3.05, 3.63) is 70.4 Å². The molecule has 0 fully saturated rings. The molecule has 0 aliphatic heterocycles. The van der Waals surface area contributed by atoms with Crippen molar-refractivity contribution in [2.75, 3.05) is 42.7 Å². The van der Waals surface area contributed by atoms with Gasteiger partial charge in [-0.1, -0.05) is 6.07 Å². The van der Waals surface area contributed by atoms with Crippen LogP contribution in [0.3, 0.4) is 0 Å². The molecule has 10 nitrogen and oxygen atoms in total. The zero-order chi connectivity index (χ0) is 27.4. The highest BCUT2D eigenvalue weighted by molar-refractivity contribution is 6.08. The molecule has 0 saturated carbocycles. The minimum atomic E-state index is -0.710. The van der Waals surface area contributed by atoms with Crippen molar-refractivity contribution < 1.29 is 33.2 Å². The zero-order valence-corrected chi connectivity index (χ0v) is 23.2. The van der Waals surface area contributed by atoms with Gasteiger partial charge in [-0.05, 0) is 42.0 Å². The summed E-state index contributed by atoms with van der Waals surface area (Å²) < 4.78 is 34.1. The molecule has 2 aromatic carbocycles. The number of carbonyl (C=O) groups excluding carboxylic acids is 1. The Kier molecular flexibility index (Phi) is 9.26. The van der Waals surface area contributed by atoms with Crippen molar-refractivity contribution in [2.24, 2.45) is 0 Å². The lowest BCUT2D eigenvalue weighted by Crippen LogP contribution is -2.29. The van der Waals surface area contributed by atoms with Gasteiger partial charge in [-0.25, -0.2) is 4.79 Å². The fourth-order valence-electron chi connectivity index (χ4n) is 4.40. The number of halogens is 1. The number of carbonyl (C=O) groups is 1. The van der Waals surface area contributed by atoms with Gasteiger partial charge in [0, 0.05) is 17.1 Å². The molecule has 39 heavy (non-hydrogen) atoms. The molecule has 0 bridgehead atoms. The fraction of sp³-hybridized carbons (Fsp3) is 0.250. The van der Waals surface area contributed by atoms with Crippen molar-refractivity contribution in [3.8, 4) is 39.9 Å². The van der Waals surface area contributed by atoms with Crippen molar-refractivity contribution in [1.82, 2.24) is 9.55 Å². The number of hydrogen-bond donors (Lipinski definition) is 0. The maximum atomic E-state index is 13.9. The number of benzene rings is 2. The van der Waals surface area contributed by atoms with Crippen LogP contribution in [0.2, 0.25) is 0 Å². The standard InChI is InChI=1S/C28H28N2O8.ClH/c1-33-20-13-18-19(14-21(20)34-2)27(31)30(15-17-9-7-8-10-29-17)25(28(32)38-6)24(18)16-11-22(35-3)26(37-5)23(12-16)36-4;/h7-14H,15H2,1-6H3;1H. The second-order valence-corrected chi connectivity index (χ2v) is 8.09. The van der Waals surface area contributed by atoms with E-state index in [0.29, 0.717) is 56.3 Å². The lowest BCUT2D eigenvalue weighted by atomic mass is 9.95. The summed E-state index contributed by atoms with van der Waals surface area (Å²) in [5.41, 5.74) is 1.10. The number of rotatable bonds is 9.